The summed E-state index contributed by atoms with van der Waals surface area (Å²) >= 11 is 0. The van der Waals surface area contributed by atoms with E-state index >= 15 is 0 Å². The molecule has 1 fully saturated rings. The molecule has 0 aromatic heterocycles. The van der Waals surface area contributed by atoms with Gasteiger partial charge in [0.05, 0.1) is 0 Å². The van der Waals surface area contributed by atoms with Crippen LogP contribution in [0.5, 0.6) is 5.75 Å². The Kier molecular flexibility index (Phi) is 7.53. The van der Waals surface area contributed by atoms with Gasteiger partial charge in [-0.25, -0.2) is 8.78 Å². The van der Waals surface area contributed by atoms with Crippen molar-refractivity contribution in [1.29, 1.82) is 0 Å². The van der Waals surface area contributed by atoms with Gasteiger partial charge in [0.2, 0.25) is 0 Å². The van der Waals surface area contributed by atoms with Crippen LogP contribution in [0.4, 0.5) is 8.78 Å². The number of rotatable bonds is 8. The highest BCUT2D eigenvalue weighted by Crippen LogP contribution is 2.26. The highest BCUT2D eigenvalue weighted by atomic mass is 19.2. The smallest absolute Gasteiger partial charge is 0.303 e. The molecule has 178 valence electrons. The molecule has 1 aliphatic rings. The monoisotopic (exact) mass is 467 g/mol. The van der Waals surface area contributed by atoms with Gasteiger partial charge in [-0.1, -0.05) is 36.4 Å². The van der Waals surface area contributed by atoms with Crippen molar-refractivity contribution < 1.29 is 27.8 Å². The zero-order valence-electron chi connectivity index (χ0n) is 19.0. The third kappa shape index (κ3) is 5.78. The van der Waals surface area contributed by atoms with Crippen molar-refractivity contribution in [3.05, 3.63) is 77.9 Å². The van der Waals surface area contributed by atoms with Crippen LogP contribution in [0.1, 0.15) is 30.1 Å². The molecule has 1 atom stereocenters. The second-order valence-corrected chi connectivity index (χ2v) is 8.59. The van der Waals surface area contributed by atoms with Crippen LogP contribution in [0.25, 0.3) is 10.8 Å². The number of halogens is 2. The predicted octanol–water partition coefficient (Wildman–Crippen LogP) is 5.02. The van der Waals surface area contributed by atoms with E-state index in [1.54, 1.807) is 0 Å². The van der Waals surface area contributed by atoms with E-state index in [4.69, 9.17) is 9.47 Å². The van der Waals surface area contributed by atoms with Gasteiger partial charge in [0.25, 0.3) is 0 Å². The molecule has 0 saturated carbocycles. The van der Waals surface area contributed by atoms with Gasteiger partial charge in [0, 0.05) is 30.3 Å². The van der Waals surface area contributed by atoms with Crippen molar-refractivity contribution in [1.82, 2.24) is 4.90 Å². The Balaban J connectivity index is 1.34. The summed E-state index contributed by atoms with van der Waals surface area (Å²) in [6.45, 7) is 3.33. The number of piperidine rings is 1. The zero-order chi connectivity index (χ0) is 24.1. The number of ether oxygens (including phenoxy) is 2. The van der Waals surface area contributed by atoms with E-state index in [0.29, 0.717) is 32.5 Å². The van der Waals surface area contributed by atoms with Gasteiger partial charge in [-0.15, -0.1) is 0 Å². The SMILES string of the molecule is CC(=O)OC(COc1cccc2ccccc12)CN1CCC(C(=O)c2ccc(F)c(F)c2)CC1. The van der Waals surface area contributed by atoms with Crippen molar-refractivity contribution in [3.8, 4) is 5.75 Å². The molecular formula is C27H27F2NO4. The summed E-state index contributed by atoms with van der Waals surface area (Å²) in [4.78, 5) is 26.5. The van der Waals surface area contributed by atoms with Gasteiger partial charge >= 0.3 is 5.97 Å². The van der Waals surface area contributed by atoms with Gasteiger partial charge in [-0.3, -0.25) is 14.5 Å². The average molecular weight is 468 g/mol. The Bertz CT molecular complexity index is 1170. The predicted molar refractivity (Wildman–Crippen MR) is 125 cm³/mol. The van der Waals surface area contributed by atoms with Crippen molar-refractivity contribution in [2.75, 3.05) is 26.2 Å². The number of nitrogens with zero attached hydrogens (tertiary/aromatic N) is 1. The van der Waals surface area contributed by atoms with Crippen molar-refractivity contribution in [2.24, 2.45) is 5.92 Å². The minimum absolute atomic E-state index is 0.172. The number of ketones is 1. The first-order valence-corrected chi connectivity index (χ1v) is 11.4. The zero-order valence-corrected chi connectivity index (χ0v) is 19.0. The molecule has 4 rings (SSSR count). The third-order valence-corrected chi connectivity index (χ3v) is 6.13. The van der Waals surface area contributed by atoms with Crippen LogP contribution >= 0.6 is 0 Å². The molecule has 1 saturated heterocycles. The van der Waals surface area contributed by atoms with Crippen LogP contribution in [-0.4, -0.2) is 49.0 Å². The molecular weight excluding hydrogens is 440 g/mol. The van der Waals surface area contributed by atoms with Crippen molar-refractivity contribution >= 4 is 22.5 Å². The van der Waals surface area contributed by atoms with Gasteiger partial charge in [0.15, 0.2) is 17.4 Å². The van der Waals surface area contributed by atoms with Crippen LogP contribution < -0.4 is 4.74 Å². The normalized spacial score (nSPS) is 15.7. The summed E-state index contributed by atoms with van der Waals surface area (Å²) in [5.41, 5.74) is 0.193. The Hall–Kier alpha value is -3.32. The van der Waals surface area contributed by atoms with Crippen LogP contribution in [0.15, 0.2) is 60.7 Å². The Morgan fingerprint density at radius 1 is 1.00 bits per heavy atom. The molecule has 1 heterocycles. The first-order valence-electron chi connectivity index (χ1n) is 11.4. The summed E-state index contributed by atoms with van der Waals surface area (Å²) < 4.78 is 38.2. The molecule has 0 radical (unpaired) electrons. The van der Waals surface area contributed by atoms with E-state index in [1.807, 2.05) is 42.5 Å². The van der Waals surface area contributed by atoms with E-state index in [2.05, 4.69) is 4.90 Å². The number of fused-ring (bicyclic) bond motifs is 1. The standard InChI is InChI=1S/C27H27F2NO4/c1-18(31)34-22(17-33-26-8-4-6-19-5-2-3-7-23(19)26)16-30-13-11-20(12-14-30)27(32)21-9-10-24(28)25(29)15-21/h2-10,15,20,22H,11-14,16-17H2,1H3. The van der Waals surface area contributed by atoms with E-state index in [0.717, 1.165) is 28.7 Å². The number of carbonyl (C=O) groups is 2. The lowest BCUT2D eigenvalue weighted by Gasteiger charge is -2.33. The summed E-state index contributed by atoms with van der Waals surface area (Å²) in [7, 11) is 0. The fourth-order valence-electron chi connectivity index (χ4n) is 4.41. The summed E-state index contributed by atoms with van der Waals surface area (Å²) in [5, 5.41) is 2.06. The Morgan fingerprint density at radius 2 is 1.74 bits per heavy atom. The molecule has 3 aromatic rings. The summed E-state index contributed by atoms with van der Waals surface area (Å²) in [6, 6.07) is 17.0. The molecule has 0 bridgehead atoms. The third-order valence-electron chi connectivity index (χ3n) is 6.13. The molecule has 1 unspecified atom stereocenters. The summed E-state index contributed by atoms with van der Waals surface area (Å²) in [5.74, 6) is -2.05. The first-order chi connectivity index (χ1) is 16.4. The van der Waals surface area contributed by atoms with Gasteiger partial charge < -0.3 is 9.47 Å². The molecule has 0 N–H and O–H groups in total. The number of benzene rings is 3. The number of likely N-dealkylation sites (tertiary alicyclic amines) is 1. The second-order valence-electron chi connectivity index (χ2n) is 8.59. The molecule has 34 heavy (non-hydrogen) atoms. The van der Waals surface area contributed by atoms with E-state index in [-0.39, 0.29) is 29.8 Å². The van der Waals surface area contributed by atoms with Gasteiger partial charge in [-0.05, 0) is 55.6 Å². The fraction of sp³-hybridized carbons (Fsp3) is 0.333. The maximum absolute atomic E-state index is 13.5. The molecule has 3 aromatic carbocycles. The first kappa shape index (κ1) is 23.8. The largest absolute Gasteiger partial charge is 0.489 e. The van der Waals surface area contributed by atoms with Gasteiger partial charge in [-0.2, -0.15) is 0 Å². The number of carbonyl (C=O) groups excluding carboxylic acids is 2. The molecule has 0 aliphatic carbocycles. The van der Waals surface area contributed by atoms with E-state index in [1.165, 1.54) is 13.0 Å². The van der Waals surface area contributed by atoms with Crippen LogP contribution in [-0.2, 0) is 9.53 Å². The quantitative estimate of drug-likeness (QED) is 0.344. The molecule has 5 nitrogen and oxygen atoms in total. The lowest BCUT2D eigenvalue weighted by Crippen LogP contribution is -2.43. The molecule has 7 heteroatoms. The lowest BCUT2D eigenvalue weighted by atomic mass is 9.88. The van der Waals surface area contributed by atoms with Crippen LogP contribution in [0.2, 0.25) is 0 Å². The Morgan fingerprint density at radius 3 is 2.47 bits per heavy atom. The second kappa shape index (κ2) is 10.7. The highest BCUT2D eigenvalue weighted by Gasteiger charge is 2.28. The maximum atomic E-state index is 13.5. The Labute approximate surface area is 197 Å². The number of esters is 1. The van der Waals surface area contributed by atoms with Crippen LogP contribution in [0.3, 0.4) is 0 Å². The van der Waals surface area contributed by atoms with Crippen LogP contribution in [0, 0.1) is 17.6 Å². The molecule has 0 amide bonds. The van der Waals surface area contributed by atoms with Crippen molar-refractivity contribution in [3.63, 3.8) is 0 Å². The minimum atomic E-state index is -1.02. The summed E-state index contributed by atoms with van der Waals surface area (Å²) in [6.07, 6.45) is 0.721. The van der Waals surface area contributed by atoms with E-state index < -0.39 is 17.7 Å². The fourth-order valence-corrected chi connectivity index (χ4v) is 4.41. The van der Waals surface area contributed by atoms with Crippen molar-refractivity contribution in [2.45, 2.75) is 25.9 Å². The average Bonchev–Trinajstić information content (AvgIpc) is 2.84. The number of hydrogen-bond donors (Lipinski definition) is 0. The number of hydrogen-bond acceptors (Lipinski definition) is 5. The maximum Gasteiger partial charge on any atom is 0.303 e. The minimum Gasteiger partial charge on any atom is -0.489 e. The molecule has 1 aliphatic heterocycles. The number of Topliss-reactive ketones (excluding diaryl/α,β-unsaturated/α-hetero) is 1. The van der Waals surface area contributed by atoms with E-state index in [9.17, 15) is 18.4 Å². The van der Waals surface area contributed by atoms with Gasteiger partial charge in [0.1, 0.15) is 18.5 Å². The topological polar surface area (TPSA) is 55.8 Å². The highest BCUT2D eigenvalue weighted by molar-refractivity contribution is 5.97. The lowest BCUT2D eigenvalue weighted by molar-refractivity contribution is -0.149. The molecule has 0 spiro atoms.